The molecule has 188 valence electrons. The van der Waals surface area contributed by atoms with Crippen LogP contribution >= 0.6 is 0 Å². The minimum atomic E-state index is -0.748. The van der Waals surface area contributed by atoms with E-state index in [-0.39, 0.29) is 5.56 Å². The van der Waals surface area contributed by atoms with Crippen molar-refractivity contribution >= 4 is 29.2 Å². The van der Waals surface area contributed by atoms with Crippen LogP contribution in [0.3, 0.4) is 0 Å². The van der Waals surface area contributed by atoms with E-state index >= 15 is 0 Å². The van der Waals surface area contributed by atoms with Gasteiger partial charge in [0, 0.05) is 30.0 Å². The van der Waals surface area contributed by atoms with E-state index in [9.17, 15) is 14.4 Å². The van der Waals surface area contributed by atoms with Gasteiger partial charge in [-0.2, -0.15) is 0 Å². The fraction of sp³-hybridized carbons (Fsp3) is 0.400. The lowest BCUT2D eigenvalue weighted by molar-refractivity contribution is -0.146. The average Bonchev–Trinajstić information content (AvgIpc) is 3.41. The molecule has 10 heteroatoms. The van der Waals surface area contributed by atoms with E-state index in [1.165, 1.54) is 46.3 Å². The molecule has 2 amide bonds. The maximum atomic E-state index is 12.5. The third-order valence-electron chi connectivity index (χ3n) is 5.64. The van der Waals surface area contributed by atoms with Crippen molar-refractivity contribution in [1.29, 1.82) is 0 Å². The number of nitrogens with zero attached hydrogens (tertiary/aromatic N) is 1. The number of rotatable bonds is 10. The largest absolute Gasteiger partial charge is 0.493 e. The lowest BCUT2D eigenvalue weighted by atomic mass is 10.1. The lowest BCUT2D eigenvalue weighted by Gasteiger charge is -2.19. The van der Waals surface area contributed by atoms with Crippen LogP contribution in [-0.4, -0.2) is 65.4 Å². The zero-order valence-electron chi connectivity index (χ0n) is 20.4. The van der Waals surface area contributed by atoms with Gasteiger partial charge in [0.15, 0.2) is 18.1 Å². The average molecular weight is 486 g/mol. The Morgan fingerprint density at radius 2 is 1.60 bits per heavy atom. The Kier molecular flexibility index (Phi) is 8.77. The molecule has 1 heterocycles. The predicted molar refractivity (Wildman–Crippen MR) is 131 cm³/mol. The quantitative estimate of drug-likeness (QED) is 0.494. The van der Waals surface area contributed by atoms with Crippen LogP contribution in [0.1, 0.15) is 28.8 Å². The third kappa shape index (κ3) is 6.56. The number of anilines is 2. The number of hydrogen-bond acceptors (Lipinski definition) is 8. The molecule has 0 atom stereocenters. The fourth-order valence-electron chi connectivity index (χ4n) is 3.81. The Labute approximate surface area is 204 Å². The molecule has 0 spiro atoms. The Bertz CT molecular complexity index is 1060. The van der Waals surface area contributed by atoms with Crippen LogP contribution in [0.25, 0.3) is 0 Å². The van der Waals surface area contributed by atoms with Crippen molar-refractivity contribution < 1.29 is 33.3 Å². The zero-order chi connectivity index (χ0) is 25.4. The highest BCUT2D eigenvalue weighted by Gasteiger charge is 2.18. The molecule has 0 aliphatic carbocycles. The smallest absolute Gasteiger partial charge is 0.325 e. The van der Waals surface area contributed by atoms with E-state index in [1.807, 2.05) is 25.1 Å². The molecule has 0 aromatic heterocycles. The van der Waals surface area contributed by atoms with Gasteiger partial charge in [-0.3, -0.25) is 14.4 Å². The van der Waals surface area contributed by atoms with Crippen LogP contribution < -0.4 is 29.7 Å². The van der Waals surface area contributed by atoms with Gasteiger partial charge < -0.3 is 34.5 Å². The van der Waals surface area contributed by atoms with Gasteiger partial charge in [-0.25, -0.2) is 0 Å². The molecule has 1 aliphatic rings. The summed E-state index contributed by atoms with van der Waals surface area (Å²) in [5.74, 6) is -0.800. The molecule has 2 N–H and O–H groups in total. The number of esters is 1. The number of carbonyl (C=O) groups excluding carboxylic acids is 3. The first kappa shape index (κ1) is 25.7. The van der Waals surface area contributed by atoms with E-state index in [2.05, 4.69) is 15.5 Å². The molecule has 10 nitrogen and oxygen atoms in total. The predicted octanol–water partition coefficient (Wildman–Crippen LogP) is 2.53. The topological polar surface area (TPSA) is 115 Å². The third-order valence-corrected chi connectivity index (χ3v) is 5.64. The Morgan fingerprint density at radius 3 is 2.17 bits per heavy atom. The first-order valence-corrected chi connectivity index (χ1v) is 11.3. The van der Waals surface area contributed by atoms with Gasteiger partial charge in [-0.05, 0) is 55.7 Å². The zero-order valence-corrected chi connectivity index (χ0v) is 20.4. The SMILES string of the molecule is COc1cc(C(=O)NCC(=O)OCC(=O)Nc2ccc(N3CCCC3)cc2C)cc(OC)c1OC. The number of amides is 2. The van der Waals surface area contributed by atoms with Crippen LogP contribution in [0, 0.1) is 6.92 Å². The van der Waals surface area contributed by atoms with Crippen molar-refractivity contribution in [3.8, 4) is 17.2 Å². The van der Waals surface area contributed by atoms with Gasteiger partial charge in [0.2, 0.25) is 5.75 Å². The molecule has 2 aromatic rings. The summed E-state index contributed by atoms with van der Waals surface area (Å²) in [4.78, 5) is 39.1. The molecule has 0 bridgehead atoms. The number of ether oxygens (including phenoxy) is 4. The summed E-state index contributed by atoms with van der Waals surface area (Å²) in [6.45, 7) is 3.12. The fourth-order valence-corrected chi connectivity index (χ4v) is 3.81. The number of carbonyl (C=O) groups is 3. The molecule has 2 aromatic carbocycles. The van der Waals surface area contributed by atoms with Crippen molar-refractivity contribution in [3.63, 3.8) is 0 Å². The summed E-state index contributed by atoms with van der Waals surface area (Å²) in [6.07, 6.45) is 2.37. The summed E-state index contributed by atoms with van der Waals surface area (Å²) in [5, 5.41) is 5.20. The molecule has 1 aliphatic heterocycles. The van der Waals surface area contributed by atoms with Gasteiger partial charge in [0.05, 0.1) is 21.3 Å². The molecular weight excluding hydrogens is 454 g/mol. The lowest BCUT2D eigenvalue weighted by Crippen LogP contribution is -2.32. The van der Waals surface area contributed by atoms with E-state index in [0.29, 0.717) is 22.9 Å². The molecule has 1 fully saturated rings. The maximum absolute atomic E-state index is 12.5. The second kappa shape index (κ2) is 12.0. The Balaban J connectivity index is 1.48. The number of nitrogens with one attached hydrogen (secondary N) is 2. The monoisotopic (exact) mass is 485 g/mol. The highest BCUT2D eigenvalue weighted by molar-refractivity contribution is 5.98. The molecule has 1 saturated heterocycles. The van der Waals surface area contributed by atoms with Crippen molar-refractivity contribution in [1.82, 2.24) is 5.32 Å². The summed E-state index contributed by atoms with van der Waals surface area (Å²) in [5.41, 5.74) is 2.92. The minimum absolute atomic E-state index is 0.206. The number of aryl methyl sites for hydroxylation is 1. The van der Waals surface area contributed by atoms with Crippen molar-refractivity contribution in [2.24, 2.45) is 0 Å². The number of methoxy groups -OCH3 is 3. The van der Waals surface area contributed by atoms with Crippen molar-refractivity contribution in [2.75, 3.05) is 57.8 Å². The molecule has 35 heavy (non-hydrogen) atoms. The van der Waals surface area contributed by atoms with Crippen LogP contribution in [-0.2, 0) is 14.3 Å². The second-order valence-corrected chi connectivity index (χ2v) is 8.00. The van der Waals surface area contributed by atoms with Crippen LogP contribution in [0.15, 0.2) is 30.3 Å². The second-order valence-electron chi connectivity index (χ2n) is 8.00. The molecular formula is C25H31N3O7. The molecule has 0 unspecified atom stereocenters. The standard InChI is InChI=1S/C25H31N3O7/c1-16-11-18(28-9-5-6-10-28)7-8-19(16)27-22(29)15-35-23(30)14-26-25(31)17-12-20(32-2)24(34-4)21(13-17)33-3/h7-8,11-13H,5-6,9-10,14-15H2,1-4H3,(H,26,31)(H,27,29). The van der Waals surface area contributed by atoms with E-state index in [1.54, 1.807) is 0 Å². The van der Waals surface area contributed by atoms with Gasteiger partial charge in [0.25, 0.3) is 11.8 Å². The van der Waals surface area contributed by atoms with Gasteiger partial charge in [0.1, 0.15) is 6.54 Å². The first-order valence-electron chi connectivity index (χ1n) is 11.3. The summed E-state index contributed by atoms with van der Waals surface area (Å²) in [6, 6.07) is 8.78. The Hall–Kier alpha value is -3.95. The van der Waals surface area contributed by atoms with Crippen LogP contribution in [0.4, 0.5) is 11.4 Å². The van der Waals surface area contributed by atoms with Crippen molar-refractivity contribution in [2.45, 2.75) is 19.8 Å². The summed E-state index contributed by atoms with van der Waals surface area (Å²) >= 11 is 0. The van der Waals surface area contributed by atoms with Crippen LogP contribution in [0.5, 0.6) is 17.2 Å². The Morgan fingerprint density at radius 1 is 0.943 bits per heavy atom. The van der Waals surface area contributed by atoms with Crippen LogP contribution in [0.2, 0.25) is 0 Å². The molecule has 0 saturated carbocycles. The minimum Gasteiger partial charge on any atom is -0.493 e. The first-order chi connectivity index (χ1) is 16.9. The summed E-state index contributed by atoms with van der Waals surface area (Å²) in [7, 11) is 4.33. The number of hydrogen-bond donors (Lipinski definition) is 2. The van der Waals surface area contributed by atoms with E-state index in [4.69, 9.17) is 18.9 Å². The highest BCUT2D eigenvalue weighted by Crippen LogP contribution is 2.38. The normalized spacial score (nSPS) is 12.6. The highest BCUT2D eigenvalue weighted by atomic mass is 16.5. The molecule has 3 rings (SSSR count). The van der Waals surface area contributed by atoms with E-state index in [0.717, 1.165) is 24.3 Å². The number of benzene rings is 2. The van der Waals surface area contributed by atoms with Gasteiger partial charge in [-0.1, -0.05) is 0 Å². The van der Waals surface area contributed by atoms with Crippen molar-refractivity contribution in [3.05, 3.63) is 41.5 Å². The van der Waals surface area contributed by atoms with E-state index < -0.39 is 30.9 Å². The van der Waals surface area contributed by atoms with Gasteiger partial charge in [-0.15, -0.1) is 0 Å². The molecule has 0 radical (unpaired) electrons. The maximum Gasteiger partial charge on any atom is 0.325 e. The summed E-state index contributed by atoms with van der Waals surface area (Å²) < 4.78 is 20.7. The van der Waals surface area contributed by atoms with Gasteiger partial charge >= 0.3 is 5.97 Å².